The smallest absolute Gasteiger partial charge is 0.242 e. The van der Waals surface area contributed by atoms with Gasteiger partial charge in [-0.2, -0.15) is 0 Å². The Labute approximate surface area is 198 Å². The van der Waals surface area contributed by atoms with Crippen LogP contribution in [0.5, 0.6) is 0 Å². The van der Waals surface area contributed by atoms with Crippen LogP contribution in [-0.2, 0) is 16.1 Å². The highest BCUT2D eigenvalue weighted by atomic mass is 35.5. The van der Waals surface area contributed by atoms with Crippen LogP contribution in [0.2, 0.25) is 10.0 Å². The maximum Gasteiger partial charge on any atom is 0.242 e. The molecule has 0 aromatic heterocycles. The first-order valence-corrected chi connectivity index (χ1v) is 12.4. The van der Waals surface area contributed by atoms with Crippen molar-refractivity contribution in [2.45, 2.75) is 62.6 Å². The van der Waals surface area contributed by atoms with Gasteiger partial charge in [-0.1, -0.05) is 48.2 Å². The zero-order valence-electron chi connectivity index (χ0n) is 17.7. The summed E-state index contributed by atoms with van der Waals surface area (Å²) in [5.74, 6) is 0.492. The van der Waals surface area contributed by atoms with Gasteiger partial charge in [0.25, 0.3) is 0 Å². The van der Waals surface area contributed by atoms with Crippen LogP contribution in [0, 0.1) is 0 Å². The van der Waals surface area contributed by atoms with Gasteiger partial charge in [-0.25, -0.2) is 0 Å². The molecule has 0 saturated heterocycles. The average molecular weight is 479 g/mol. The van der Waals surface area contributed by atoms with E-state index in [1.807, 2.05) is 42.5 Å². The van der Waals surface area contributed by atoms with Gasteiger partial charge in [-0.15, -0.1) is 11.8 Å². The fourth-order valence-corrected chi connectivity index (χ4v) is 4.92. The first-order valence-electron chi connectivity index (χ1n) is 10.6. The van der Waals surface area contributed by atoms with Crippen LogP contribution >= 0.6 is 35.0 Å². The summed E-state index contributed by atoms with van der Waals surface area (Å²) in [6.07, 6.45) is 4.66. The highest BCUT2D eigenvalue weighted by Crippen LogP contribution is 2.23. The van der Waals surface area contributed by atoms with Crippen molar-refractivity contribution < 1.29 is 9.59 Å². The summed E-state index contributed by atoms with van der Waals surface area (Å²) in [5, 5.41) is 4.43. The van der Waals surface area contributed by atoms with Gasteiger partial charge < -0.3 is 10.2 Å². The van der Waals surface area contributed by atoms with E-state index in [2.05, 4.69) is 5.32 Å². The molecule has 0 radical (unpaired) electrons. The van der Waals surface area contributed by atoms with Crippen molar-refractivity contribution in [3.63, 3.8) is 0 Å². The first-order chi connectivity index (χ1) is 14.9. The van der Waals surface area contributed by atoms with Crippen LogP contribution in [0.15, 0.2) is 53.4 Å². The van der Waals surface area contributed by atoms with Gasteiger partial charge in [0.2, 0.25) is 11.8 Å². The van der Waals surface area contributed by atoms with Crippen LogP contribution in [-0.4, -0.2) is 34.6 Å². The van der Waals surface area contributed by atoms with E-state index in [1.54, 1.807) is 29.7 Å². The Balaban J connectivity index is 1.65. The Morgan fingerprint density at radius 3 is 2.48 bits per heavy atom. The predicted octanol–water partition coefficient (Wildman–Crippen LogP) is 5.95. The van der Waals surface area contributed by atoms with Crippen molar-refractivity contribution in [2.75, 3.05) is 5.75 Å². The van der Waals surface area contributed by atoms with Crippen LogP contribution < -0.4 is 5.32 Å². The number of rotatable bonds is 9. The van der Waals surface area contributed by atoms with Crippen molar-refractivity contribution in [3.8, 4) is 0 Å². The molecule has 2 amide bonds. The van der Waals surface area contributed by atoms with Gasteiger partial charge >= 0.3 is 0 Å². The number of carbonyl (C=O) groups is 2. The fraction of sp³-hybridized carbons (Fsp3) is 0.417. The van der Waals surface area contributed by atoms with Crippen LogP contribution in [0.4, 0.5) is 0 Å². The van der Waals surface area contributed by atoms with E-state index in [0.29, 0.717) is 28.8 Å². The fourth-order valence-electron chi connectivity index (χ4n) is 3.74. The van der Waals surface area contributed by atoms with E-state index in [1.165, 1.54) is 0 Å². The van der Waals surface area contributed by atoms with Gasteiger partial charge in [0, 0.05) is 39.7 Å². The average Bonchev–Trinajstić information content (AvgIpc) is 3.26. The summed E-state index contributed by atoms with van der Waals surface area (Å²) in [6.45, 7) is 2.16. The van der Waals surface area contributed by atoms with Crippen molar-refractivity contribution >= 4 is 46.8 Å². The lowest BCUT2D eigenvalue weighted by Gasteiger charge is -2.30. The minimum Gasteiger partial charge on any atom is -0.352 e. The SMILES string of the molecule is C[C@@H](C(=O)NC1CCCC1)N(Cc1cccc(Cl)c1)C(=O)CCSc1ccc(Cl)cc1. The first kappa shape index (κ1) is 24.0. The molecule has 31 heavy (non-hydrogen) atoms. The lowest BCUT2D eigenvalue weighted by molar-refractivity contribution is -0.140. The second kappa shape index (κ2) is 11.8. The normalized spacial score (nSPS) is 14.9. The number of benzene rings is 2. The van der Waals surface area contributed by atoms with E-state index >= 15 is 0 Å². The van der Waals surface area contributed by atoms with Crippen molar-refractivity contribution in [2.24, 2.45) is 0 Å². The van der Waals surface area contributed by atoms with Crippen LogP contribution in [0.3, 0.4) is 0 Å². The molecule has 2 aromatic rings. The van der Waals surface area contributed by atoms with Gasteiger partial charge in [0.1, 0.15) is 6.04 Å². The Bertz CT molecular complexity index is 885. The number of carbonyl (C=O) groups excluding carboxylic acids is 2. The third kappa shape index (κ3) is 7.44. The van der Waals surface area contributed by atoms with Crippen molar-refractivity contribution in [1.29, 1.82) is 0 Å². The van der Waals surface area contributed by atoms with Crippen LogP contribution in [0.1, 0.15) is 44.6 Å². The minimum atomic E-state index is -0.549. The molecule has 1 N–H and O–H groups in total. The lowest BCUT2D eigenvalue weighted by atomic mass is 10.1. The number of nitrogens with one attached hydrogen (secondary N) is 1. The third-order valence-electron chi connectivity index (χ3n) is 5.51. The second-order valence-electron chi connectivity index (χ2n) is 7.87. The maximum atomic E-state index is 13.1. The number of nitrogens with zero attached hydrogens (tertiary/aromatic N) is 1. The Morgan fingerprint density at radius 1 is 1.10 bits per heavy atom. The van der Waals surface area contributed by atoms with E-state index < -0.39 is 6.04 Å². The summed E-state index contributed by atoms with van der Waals surface area (Å²) in [6, 6.07) is 14.7. The molecule has 1 aliphatic rings. The van der Waals surface area contributed by atoms with E-state index in [-0.39, 0.29) is 17.9 Å². The molecule has 0 bridgehead atoms. The monoisotopic (exact) mass is 478 g/mol. The molecule has 0 aliphatic heterocycles. The van der Waals surface area contributed by atoms with E-state index in [9.17, 15) is 9.59 Å². The molecule has 0 unspecified atom stereocenters. The standard InChI is InChI=1S/C24H28Cl2N2O2S/c1-17(24(30)27-21-7-2-3-8-21)28(16-18-5-4-6-20(26)15-18)23(29)13-14-31-22-11-9-19(25)10-12-22/h4-6,9-12,15,17,21H,2-3,7-8,13-14,16H2,1H3,(H,27,30)/t17-/m0/s1. The molecule has 4 nitrogen and oxygen atoms in total. The molecule has 166 valence electrons. The molecule has 1 saturated carbocycles. The molecule has 3 rings (SSSR count). The molecular weight excluding hydrogens is 451 g/mol. The highest BCUT2D eigenvalue weighted by Gasteiger charge is 2.28. The summed E-state index contributed by atoms with van der Waals surface area (Å²) in [7, 11) is 0. The predicted molar refractivity (Wildman–Crippen MR) is 129 cm³/mol. The van der Waals surface area contributed by atoms with Crippen LogP contribution in [0.25, 0.3) is 0 Å². The Kier molecular flexibility index (Phi) is 9.12. The third-order valence-corrected chi connectivity index (χ3v) is 7.01. The summed E-state index contributed by atoms with van der Waals surface area (Å²) in [4.78, 5) is 28.7. The summed E-state index contributed by atoms with van der Waals surface area (Å²) < 4.78 is 0. The quantitative estimate of drug-likeness (QED) is 0.452. The van der Waals surface area contributed by atoms with Crippen molar-refractivity contribution in [1.82, 2.24) is 10.2 Å². The summed E-state index contributed by atoms with van der Waals surface area (Å²) in [5.41, 5.74) is 0.909. The largest absolute Gasteiger partial charge is 0.352 e. The molecule has 1 fully saturated rings. The highest BCUT2D eigenvalue weighted by molar-refractivity contribution is 7.99. The molecule has 1 aliphatic carbocycles. The Hall–Kier alpha value is -1.69. The number of thioether (sulfide) groups is 1. The van der Waals surface area contributed by atoms with E-state index in [4.69, 9.17) is 23.2 Å². The van der Waals surface area contributed by atoms with Gasteiger partial charge in [0.05, 0.1) is 0 Å². The molecule has 2 aromatic carbocycles. The molecule has 0 spiro atoms. The van der Waals surface area contributed by atoms with Gasteiger partial charge in [0.15, 0.2) is 0 Å². The number of hydrogen-bond acceptors (Lipinski definition) is 3. The number of amides is 2. The second-order valence-corrected chi connectivity index (χ2v) is 9.91. The van der Waals surface area contributed by atoms with E-state index in [0.717, 1.165) is 36.1 Å². The van der Waals surface area contributed by atoms with Crippen molar-refractivity contribution in [3.05, 3.63) is 64.1 Å². The summed E-state index contributed by atoms with van der Waals surface area (Å²) >= 11 is 13.7. The number of hydrogen-bond donors (Lipinski definition) is 1. The van der Waals surface area contributed by atoms with Gasteiger partial charge in [-0.05, 0) is 61.7 Å². The lowest BCUT2D eigenvalue weighted by Crippen LogP contribution is -2.49. The minimum absolute atomic E-state index is 0.0458. The molecule has 7 heteroatoms. The molecule has 0 heterocycles. The molecular formula is C24H28Cl2N2O2S. The zero-order chi connectivity index (χ0) is 22.2. The Morgan fingerprint density at radius 2 is 1.81 bits per heavy atom. The zero-order valence-corrected chi connectivity index (χ0v) is 20.0. The number of halogens is 2. The van der Waals surface area contributed by atoms with Gasteiger partial charge in [-0.3, -0.25) is 9.59 Å². The maximum absolute atomic E-state index is 13.1. The topological polar surface area (TPSA) is 49.4 Å². The molecule has 1 atom stereocenters.